The number of carbonyl (C=O) groups excluding carboxylic acids is 2. The van der Waals surface area contributed by atoms with Gasteiger partial charge in [-0.05, 0) is 81.8 Å². The van der Waals surface area contributed by atoms with Gasteiger partial charge in [0.25, 0.3) is 0 Å². The second-order valence-electron chi connectivity index (χ2n) is 12.5. The van der Waals surface area contributed by atoms with Crippen molar-refractivity contribution in [3.8, 4) is 11.5 Å². The number of nitrogens with zero attached hydrogens (tertiary/aromatic N) is 2. The van der Waals surface area contributed by atoms with Gasteiger partial charge >= 0.3 is 5.97 Å². The van der Waals surface area contributed by atoms with E-state index in [1.54, 1.807) is 6.08 Å². The van der Waals surface area contributed by atoms with E-state index in [4.69, 9.17) is 9.47 Å². The molecule has 2 aromatic rings. The van der Waals surface area contributed by atoms with Gasteiger partial charge in [0, 0.05) is 42.1 Å². The molecule has 2 bridgehead atoms. The second kappa shape index (κ2) is 9.81. The smallest absolute Gasteiger partial charge is 0.308 e. The lowest BCUT2D eigenvalue weighted by Crippen LogP contribution is -2.68. The number of esters is 1. The van der Waals surface area contributed by atoms with Crippen LogP contribution in [0, 0.1) is 18.8 Å². The zero-order chi connectivity index (χ0) is 27.5. The van der Waals surface area contributed by atoms with Crippen molar-refractivity contribution in [2.45, 2.75) is 77.0 Å². The highest BCUT2D eigenvalue weighted by Gasteiger charge is 2.66. The summed E-state index contributed by atoms with van der Waals surface area (Å²) in [6.45, 7) is 9.57. The summed E-state index contributed by atoms with van der Waals surface area (Å²) in [5, 5.41) is 0. The topological polar surface area (TPSA) is 59.1 Å². The van der Waals surface area contributed by atoms with Gasteiger partial charge in [-0.25, -0.2) is 0 Å². The van der Waals surface area contributed by atoms with Crippen molar-refractivity contribution in [3.05, 3.63) is 64.7 Å². The largest absolute Gasteiger partial charge is 0.487 e. The van der Waals surface area contributed by atoms with Crippen LogP contribution in [0.3, 0.4) is 0 Å². The van der Waals surface area contributed by atoms with Gasteiger partial charge in [-0.2, -0.15) is 0 Å². The van der Waals surface area contributed by atoms with E-state index in [-0.39, 0.29) is 29.4 Å². The number of aryl methyl sites for hydroxylation is 1. The van der Waals surface area contributed by atoms with E-state index in [9.17, 15) is 9.59 Å². The summed E-state index contributed by atoms with van der Waals surface area (Å²) in [7, 11) is 2.22. The van der Waals surface area contributed by atoms with Crippen LogP contribution < -0.4 is 9.47 Å². The highest BCUT2D eigenvalue weighted by Crippen LogP contribution is 2.63. The maximum atomic E-state index is 13.9. The number of rotatable bonds is 6. The Morgan fingerprint density at radius 1 is 1.23 bits per heavy atom. The van der Waals surface area contributed by atoms with Crippen LogP contribution in [0.25, 0.3) is 6.08 Å². The van der Waals surface area contributed by atoms with Crippen LogP contribution in [0.1, 0.15) is 62.3 Å². The zero-order valence-corrected chi connectivity index (χ0v) is 23.8. The van der Waals surface area contributed by atoms with Crippen molar-refractivity contribution < 1.29 is 19.1 Å². The molecule has 1 saturated carbocycles. The van der Waals surface area contributed by atoms with Crippen molar-refractivity contribution >= 4 is 18.0 Å². The highest BCUT2D eigenvalue weighted by atomic mass is 16.5. The number of likely N-dealkylation sites (N-methyl/N-ethyl adjacent to an activating group) is 1. The summed E-state index contributed by atoms with van der Waals surface area (Å²) in [6, 6.07) is 12.5. The molecule has 39 heavy (non-hydrogen) atoms. The van der Waals surface area contributed by atoms with Gasteiger partial charge in [0.1, 0.15) is 17.6 Å². The van der Waals surface area contributed by atoms with Gasteiger partial charge in [0.05, 0.1) is 6.04 Å². The number of hydrogen-bond donors (Lipinski definition) is 0. The molecule has 2 fully saturated rings. The van der Waals surface area contributed by atoms with Crippen LogP contribution in [0.15, 0.2) is 42.5 Å². The molecule has 1 amide bonds. The quantitative estimate of drug-likeness (QED) is 0.295. The molecule has 2 aliphatic carbocycles. The van der Waals surface area contributed by atoms with Crippen molar-refractivity contribution in [2.24, 2.45) is 11.8 Å². The van der Waals surface area contributed by atoms with Crippen molar-refractivity contribution in [2.75, 3.05) is 20.1 Å². The van der Waals surface area contributed by atoms with E-state index >= 15 is 0 Å². The minimum Gasteiger partial charge on any atom is -0.487 e. The van der Waals surface area contributed by atoms with E-state index in [2.05, 4.69) is 49.8 Å². The van der Waals surface area contributed by atoms with E-state index < -0.39 is 0 Å². The SMILES string of the molecule is CC(=O)Oc1ccc2c3c1C[C@@H]1[C@@H]4CC[C@@H](N(CC(C)C)C(=O)C=Cc5cccc(C)c5)[C@H](O2)[C@]34CCN1C. The van der Waals surface area contributed by atoms with Gasteiger partial charge in [-0.3, -0.25) is 9.59 Å². The van der Waals surface area contributed by atoms with Crippen LogP contribution in [0.5, 0.6) is 11.5 Å². The lowest BCUT2D eigenvalue weighted by atomic mass is 9.51. The molecule has 0 aromatic heterocycles. The number of ether oxygens (including phenoxy) is 2. The molecule has 4 aliphatic rings. The Morgan fingerprint density at radius 2 is 2.05 bits per heavy atom. The molecule has 206 valence electrons. The van der Waals surface area contributed by atoms with E-state index in [0.717, 1.165) is 49.1 Å². The number of amides is 1. The highest BCUT2D eigenvalue weighted by molar-refractivity contribution is 5.92. The molecule has 2 aliphatic heterocycles. The van der Waals surface area contributed by atoms with E-state index in [1.165, 1.54) is 18.1 Å². The van der Waals surface area contributed by atoms with Gasteiger partial charge < -0.3 is 19.3 Å². The van der Waals surface area contributed by atoms with Gasteiger partial charge in [-0.15, -0.1) is 0 Å². The van der Waals surface area contributed by atoms with Crippen molar-refractivity contribution in [1.82, 2.24) is 9.80 Å². The van der Waals surface area contributed by atoms with Crippen LogP contribution >= 0.6 is 0 Å². The first-order valence-electron chi connectivity index (χ1n) is 14.5. The van der Waals surface area contributed by atoms with Crippen molar-refractivity contribution in [1.29, 1.82) is 0 Å². The van der Waals surface area contributed by atoms with Gasteiger partial charge in [0.15, 0.2) is 0 Å². The minimum absolute atomic E-state index is 0.0158. The number of benzene rings is 2. The standard InChI is InChI=1S/C33H40N2O4/c1-20(2)19-35(30(37)14-9-23-8-6-7-21(3)17-23)26-11-10-25-27-18-24-28(38-22(4)36)12-13-29-31(24)33(25,32(26)39-29)15-16-34(27)5/h6-9,12-14,17,20,25-27,32H,10-11,15-16,18-19H2,1-5H3/t25-,26+,27+,32-,33-/m0/s1. The molecule has 0 N–H and O–H groups in total. The predicted molar refractivity (Wildman–Crippen MR) is 152 cm³/mol. The zero-order valence-electron chi connectivity index (χ0n) is 23.8. The predicted octanol–water partition coefficient (Wildman–Crippen LogP) is 5.16. The maximum absolute atomic E-state index is 13.9. The summed E-state index contributed by atoms with van der Waals surface area (Å²) in [4.78, 5) is 30.4. The third-order valence-electron chi connectivity index (χ3n) is 9.52. The van der Waals surface area contributed by atoms with Crippen LogP contribution in [0.2, 0.25) is 0 Å². The Morgan fingerprint density at radius 3 is 2.79 bits per heavy atom. The Hall–Kier alpha value is -3.12. The Balaban J connectivity index is 1.40. The molecule has 2 aromatic carbocycles. The first kappa shape index (κ1) is 26.1. The molecular formula is C33H40N2O4. The maximum Gasteiger partial charge on any atom is 0.308 e. The first-order chi connectivity index (χ1) is 18.7. The van der Waals surface area contributed by atoms with Crippen molar-refractivity contribution in [3.63, 3.8) is 0 Å². The summed E-state index contributed by atoms with van der Waals surface area (Å²) < 4.78 is 12.6. The monoisotopic (exact) mass is 528 g/mol. The average molecular weight is 529 g/mol. The fourth-order valence-electron chi connectivity index (χ4n) is 8.10. The summed E-state index contributed by atoms with van der Waals surface area (Å²) in [6.07, 6.45) is 7.40. The summed E-state index contributed by atoms with van der Waals surface area (Å²) in [5.74, 6) is 2.13. The number of carbonyl (C=O) groups is 2. The molecule has 0 unspecified atom stereocenters. The van der Waals surface area contributed by atoms with Gasteiger partial charge in [-0.1, -0.05) is 43.7 Å². The number of hydrogen-bond acceptors (Lipinski definition) is 5. The van der Waals surface area contributed by atoms with E-state index in [0.29, 0.717) is 30.2 Å². The molecule has 6 rings (SSSR count). The molecule has 6 nitrogen and oxygen atoms in total. The fourth-order valence-corrected chi connectivity index (χ4v) is 8.10. The third kappa shape index (κ3) is 4.28. The Labute approximate surface area is 232 Å². The lowest BCUT2D eigenvalue weighted by molar-refractivity contribution is -0.138. The molecule has 0 radical (unpaired) electrons. The molecule has 6 heteroatoms. The first-order valence-corrected chi connectivity index (χ1v) is 14.5. The second-order valence-corrected chi connectivity index (χ2v) is 12.5. The summed E-state index contributed by atoms with van der Waals surface area (Å²) >= 11 is 0. The third-order valence-corrected chi connectivity index (χ3v) is 9.52. The molecular weight excluding hydrogens is 488 g/mol. The molecule has 1 spiro atoms. The minimum atomic E-state index is -0.296. The molecule has 1 saturated heterocycles. The normalized spacial score (nSPS) is 28.8. The van der Waals surface area contributed by atoms with Gasteiger partial charge in [0.2, 0.25) is 5.91 Å². The number of likely N-dealkylation sites (tertiary alicyclic amines) is 1. The summed E-state index contributed by atoms with van der Waals surface area (Å²) in [5.41, 5.74) is 4.41. The Kier molecular flexibility index (Phi) is 6.57. The lowest BCUT2D eigenvalue weighted by Gasteiger charge is -2.60. The van der Waals surface area contributed by atoms with Crippen LogP contribution in [0.4, 0.5) is 0 Å². The fraction of sp³-hybridized carbons (Fsp3) is 0.515. The van der Waals surface area contributed by atoms with Crippen LogP contribution in [-0.4, -0.2) is 60.0 Å². The Bertz CT molecular complexity index is 1330. The van der Waals surface area contributed by atoms with E-state index in [1.807, 2.05) is 30.3 Å². The molecule has 5 atom stereocenters. The molecule has 2 heterocycles. The van der Waals surface area contributed by atoms with Crippen LogP contribution in [-0.2, 0) is 21.4 Å². The number of piperidine rings is 1. The average Bonchev–Trinajstić information content (AvgIpc) is 3.22.